The maximum Gasteiger partial charge on any atom is 0.524 e. The Morgan fingerprint density at radius 1 is 0.647 bits per heavy atom. The number of fused-ring (bicyclic) bond motifs is 3. The molecule has 3 aromatic carbocycles. The van der Waals surface area contributed by atoms with E-state index < -0.39 is 46.2 Å². The molecule has 34 heavy (non-hydrogen) atoms. The second-order valence-electron chi connectivity index (χ2n) is 6.94. The van der Waals surface area contributed by atoms with E-state index >= 15 is 0 Å². The van der Waals surface area contributed by atoms with Crippen LogP contribution in [0.15, 0.2) is 92.4 Å². The lowest BCUT2D eigenvalue weighted by atomic mass is 10.1. The first kappa shape index (κ1) is 24.6. The minimum absolute atomic E-state index is 0.0143. The monoisotopic (exact) mass is 542 g/mol. The van der Waals surface area contributed by atoms with Crippen molar-refractivity contribution in [3.8, 4) is 11.1 Å². The predicted octanol–water partition coefficient (Wildman–Crippen LogP) is 6.02. The van der Waals surface area contributed by atoms with Gasteiger partial charge in [-0.15, -0.1) is 0 Å². The molecule has 0 N–H and O–H groups in total. The Morgan fingerprint density at radius 3 is 1.79 bits per heavy atom. The van der Waals surface area contributed by atoms with Gasteiger partial charge in [0.1, 0.15) is 0 Å². The lowest BCUT2D eigenvalue weighted by Crippen LogP contribution is -2.27. The summed E-state index contributed by atoms with van der Waals surface area (Å²) < 4.78 is 133. The van der Waals surface area contributed by atoms with Crippen molar-refractivity contribution in [1.82, 2.24) is 0 Å². The smallest absolute Gasteiger partial charge is 0.214 e. The molecule has 1 heterocycles. The molecule has 0 amide bonds. The molecule has 14 heteroatoms. The Kier molecular flexibility index (Phi) is 5.59. The van der Waals surface area contributed by atoms with Crippen LogP contribution in [0, 0.1) is 0 Å². The minimum Gasteiger partial charge on any atom is -0.214 e. The lowest BCUT2D eigenvalue weighted by molar-refractivity contribution is -0.0496. The number of hydrogen-bond donors (Lipinski definition) is 0. The van der Waals surface area contributed by atoms with E-state index in [0.29, 0.717) is 12.1 Å². The summed E-state index contributed by atoms with van der Waals surface area (Å²) in [7, 11) is -15.7. The highest BCUT2D eigenvalue weighted by atomic mass is 32.3. The molecular formula is C20H12F6O5S3. The average Bonchev–Trinajstić information content (AvgIpc) is 3.03. The van der Waals surface area contributed by atoms with Crippen molar-refractivity contribution in [2.24, 2.45) is 0 Å². The second-order valence-corrected chi connectivity index (χ2v) is 13.3. The molecule has 0 saturated heterocycles. The standard InChI is InChI=1S/C20H12F6O5S3/c21-19(22,23)33(27,28)14-10-11-18-16(12-14)15-8-4-5-9-17(15)32(18,13-6-2-1-3-7-13)31-34(29,30)20(24,25)26/h1-12H. The van der Waals surface area contributed by atoms with Crippen molar-refractivity contribution in [2.45, 2.75) is 30.6 Å². The normalized spacial score (nSPS) is 20.3. The van der Waals surface area contributed by atoms with Gasteiger partial charge < -0.3 is 0 Å². The highest BCUT2D eigenvalue weighted by Gasteiger charge is 2.55. The van der Waals surface area contributed by atoms with Crippen LogP contribution in [0.1, 0.15) is 0 Å². The SMILES string of the molecule is O=S(=O)(OS1(c2ccccc2)c2ccccc2-c2cc(S(=O)(=O)C(F)(F)F)ccc21)C(F)(F)F. The fourth-order valence-corrected chi connectivity index (χ4v) is 9.33. The molecule has 5 nitrogen and oxygen atoms in total. The van der Waals surface area contributed by atoms with Crippen molar-refractivity contribution in [3.63, 3.8) is 0 Å². The first-order valence-electron chi connectivity index (χ1n) is 9.08. The van der Waals surface area contributed by atoms with Gasteiger partial charge in [0, 0.05) is 14.7 Å². The summed E-state index contributed by atoms with van der Waals surface area (Å²) in [6, 6.07) is 14.6. The van der Waals surface area contributed by atoms with Crippen molar-refractivity contribution in [2.75, 3.05) is 0 Å². The van der Waals surface area contributed by atoms with Gasteiger partial charge in [-0.05, 0) is 57.8 Å². The zero-order valence-electron chi connectivity index (χ0n) is 16.5. The molecule has 3 aromatic rings. The van der Waals surface area contributed by atoms with E-state index in [1.807, 2.05) is 0 Å². The molecule has 182 valence electrons. The van der Waals surface area contributed by atoms with Gasteiger partial charge in [0.25, 0.3) is 9.84 Å². The lowest BCUT2D eigenvalue weighted by Gasteiger charge is -2.36. The van der Waals surface area contributed by atoms with Gasteiger partial charge in [0.15, 0.2) is 0 Å². The van der Waals surface area contributed by atoms with E-state index in [9.17, 15) is 43.2 Å². The van der Waals surface area contributed by atoms with Crippen molar-refractivity contribution in [1.29, 1.82) is 0 Å². The maximum absolute atomic E-state index is 13.4. The quantitative estimate of drug-likeness (QED) is 0.298. The van der Waals surface area contributed by atoms with Gasteiger partial charge in [-0.25, -0.2) is 8.42 Å². The van der Waals surface area contributed by atoms with Gasteiger partial charge >= 0.3 is 21.1 Å². The molecular weight excluding hydrogens is 530 g/mol. The number of alkyl halides is 6. The van der Waals surface area contributed by atoms with Gasteiger partial charge in [0.2, 0.25) is 0 Å². The minimum atomic E-state index is -6.20. The highest BCUT2D eigenvalue weighted by molar-refractivity contribution is 8.33. The molecule has 0 radical (unpaired) electrons. The Balaban J connectivity index is 2.10. The van der Waals surface area contributed by atoms with Crippen LogP contribution >= 0.6 is 10.3 Å². The second kappa shape index (κ2) is 7.73. The van der Waals surface area contributed by atoms with Crippen LogP contribution < -0.4 is 0 Å². The van der Waals surface area contributed by atoms with Gasteiger partial charge in [0.05, 0.1) is 4.90 Å². The van der Waals surface area contributed by atoms with Crippen molar-refractivity contribution < 1.29 is 46.8 Å². The fraction of sp³-hybridized carbons (Fsp3) is 0.100. The Morgan fingerprint density at radius 2 is 1.21 bits per heavy atom. The Bertz CT molecular complexity index is 1480. The summed E-state index contributed by atoms with van der Waals surface area (Å²) in [6.45, 7) is 0. The third kappa shape index (κ3) is 3.59. The maximum atomic E-state index is 13.4. The van der Waals surface area contributed by atoms with Crippen LogP contribution in [-0.2, 0) is 23.6 Å². The summed E-state index contributed by atoms with van der Waals surface area (Å²) in [5.74, 6) is 0. The highest BCUT2D eigenvalue weighted by Crippen LogP contribution is 2.77. The van der Waals surface area contributed by atoms with Gasteiger partial charge in [-0.2, -0.15) is 38.4 Å². The van der Waals surface area contributed by atoms with Crippen LogP contribution in [0.2, 0.25) is 0 Å². The van der Waals surface area contributed by atoms with Crippen molar-refractivity contribution in [3.05, 3.63) is 72.8 Å². The molecule has 1 aliphatic heterocycles. The van der Waals surface area contributed by atoms with Crippen LogP contribution in [0.5, 0.6) is 0 Å². The number of rotatable bonds is 4. The summed E-state index contributed by atoms with van der Waals surface area (Å²) in [4.78, 5) is -1.35. The Labute approximate surface area is 191 Å². The molecule has 1 atom stereocenters. The predicted molar refractivity (Wildman–Crippen MR) is 110 cm³/mol. The number of hydrogen-bond acceptors (Lipinski definition) is 5. The summed E-state index contributed by atoms with van der Waals surface area (Å²) >= 11 is 0. The van der Waals surface area contributed by atoms with Crippen molar-refractivity contribution >= 4 is 30.3 Å². The van der Waals surface area contributed by atoms with Gasteiger partial charge in [-0.3, -0.25) is 0 Å². The molecule has 0 aliphatic carbocycles. The first-order chi connectivity index (χ1) is 15.6. The van der Waals surface area contributed by atoms with E-state index in [4.69, 9.17) is 3.63 Å². The molecule has 0 saturated carbocycles. The molecule has 1 unspecified atom stereocenters. The molecule has 1 aliphatic rings. The third-order valence-corrected chi connectivity index (χ3v) is 11.4. The summed E-state index contributed by atoms with van der Waals surface area (Å²) in [6.07, 6.45) is 0. The molecule has 4 rings (SSSR count). The van der Waals surface area contributed by atoms with E-state index in [-0.39, 0.29) is 25.8 Å². The largest absolute Gasteiger partial charge is 0.524 e. The third-order valence-electron chi connectivity index (χ3n) is 4.91. The molecule has 0 bridgehead atoms. The van der Waals surface area contributed by atoms with Gasteiger partial charge in [-0.1, -0.05) is 36.4 Å². The van der Waals surface area contributed by atoms with E-state index in [0.717, 1.165) is 6.07 Å². The van der Waals surface area contributed by atoms with Crippen LogP contribution in [0.25, 0.3) is 11.1 Å². The number of benzene rings is 3. The topological polar surface area (TPSA) is 77.5 Å². The zero-order chi connectivity index (χ0) is 25.2. The first-order valence-corrected chi connectivity index (χ1v) is 13.5. The van der Waals surface area contributed by atoms with Crippen LogP contribution in [-0.4, -0.2) is 27.9 Å². The van der Waals surface area contributed by atoms with Crippen LogP contribution in [0.4, 0.5) is 26.3 Å². The fourth-order valence-electron chi connectivity index (χ4n) is 3.48. The van der Waals surface area contributed by atoms with Crippen LogP contribution in [0.3, 0.4) is 0 Å². The van der Waals surface area contributed by atoms with E-state index in [1.165, 1.54) is 54.6 Å². The van der Waals surface area contributed by atoms with E-state index in [1.54, 1.807) is 0 Å². The van der Waals surface area contributed by atoms with E-state index in [2.05, 4.69) is 0 Å². The summed E-state index contributed by atoms with van der Waals surface area (Å²) in [5, 5.41) is 0. The molecule has 0 fully saturated rings. The number of halogens is 6. The zero-order valence-corrected chi connectivity index (χ0v) is 18.9. The Hall–Kier alpha value is -2.55. The summed E-state index contributed by atoms with van der Waals surface area (Å²) in [5.41, 5.74) is -11.6. The molecule has 0 spiro atoms. The average molecular weight is 543 g/mol. The number of sulfone groups is 1. The molecule has 0 aromatic heterocycles.